The highest BCUT2D eigenvalue weighted by atomic mass is 19.3. The fourth-order valence-corrected chi connectivity index (χ4v) is 4.49. The van der Waals surface area contributed by atoms with Crippen LogP contribution < -0.4 is 10.6 Å². The number of hydrogen-bond acceptors (Lipinski definition) is 8. The van der Waals surface area contributed by atoms with Crippen molar-refractivity contribution in [2.24, 2.45) is 10.7 Å². The lowest BCUT2D eigenvalue weighted by Gasteiger charge is -2.34. The first-order chi connectivity index (χ1) is 17.8. The van der Waals surface area contributed by atoms with Crippen molar-refractivity contribution in [2.75, 3.05) is 24.7 Å². The van der Waals surface area contributed by atoms with Crippen molar-refractivity contribution in [1.82, 2.24) is 29.8 Å². The molecule has 12 heteroatoms. The summed E-state index contributed by atoms with van der Waals surface area (Å²) in [5.41, 5.74) is 11.0. The lowest BCUT2D eigenvalue weighted by Crippen LogP contribution is -2.44. The molecule has 1 atom stereocenters. The van der Waals surface area contributed by atoms with Gasteiger partial charge in [-0.25, -0.2) is 18.3 Å². The Bertz CT molecular complexity index is 1470. The van der Waals surface area contributed by atoms with E-state index in [1.807, 2.05) is 12.1 Å². The van der Waals surface area contributed by atoms with Crippen LogP contribution in [0.3, 0.4) is 0 Å². The van der Waals surface area contributed by atoms with Crippen LogP contribution in [0.25, 0.3) is 22.5 Å². The summed E-state index contributed by atoms with van der Waals surface area (Å²) in [6.07, 6.45) is 3.31. The van der Waals surface area contributed by atoms with Gasteiger partial charge < -0.3 is 15.4 Å². The highest BCUT2D eigenvalue weighted by Gasteiger charge is 2.25. The molecule has 0 spiro atoms. The summed E-state index contributed by atoms with van der Waals surface area (Å²) in [6, 6.07) is 5.21. The number of anilines is 1. The Morgan fingerprint density at radius 1 is 1.24 bits per heavy atom. The number of morpholine rings is 1. The zero-order valence-corrected chi connectivity index (χ0v) is 20.7. The average Bonchev–Trinajstić information content (AvgIpc) is 3.54. The third kappa shape index (κ3) is 4.79. The average molecular weight is 508 g/mol. The number of rotatable bonds is 6. The number of nitrogens with two attached hydrogens (primary N) is 1. The molecule has 0 bridgehead atoms. The van der Waals surface area contributed by atoms with E-state index >= 15 is 0 Å². The van der Waals surface area contributed by atoms with Crippen LogP contribution >= 0.6 is 0 Å². The molecule has 1 fully saturated rings. The summed E-state index contributed by atoms with van der Waals surface area (Å²) < 4.78 is 33.8. The Morgan fingerprint density at radius 3 is 2.78 bits per heavy atom. The van der Waals surface area contributed by atoms with E-state index in [-0.39, 0.29) is 11.6 Å². The number of alkyl halides is 2. The number of nitrogens with one attached hydrogen (secondary N) is 1. The van der Waals surface area contributed by atoms with Crippen LogP contribution in [0.4, 0.5) is 20.3 Å². The topological polar surface area (TPSA) is 123 Å². The van der Waals surface area contributed by atoms with Gasteiger partial charge in [0.15, 0.2) is 5.65 Å². The number of nitrogens with zero attached hydrogens (tertiary/aromatic N) is 7. The van der Waals surface area contributed by atoms with Gasteiger partial charge in [-0.1, -0.05) is 0 Å². The lowest BCUT2D eigenvalue weighted by molar-refractivity contribution is 0.0985. The van der Waals surface area contributed by atoms with Gasteiger partial charge in [0.05, 0.1) is 54.3 Å². The number of aromatic nitrogens is 6. The van der Waals surface area contributed by atoms with Crippen LogP contribution in [-0.4, -0.2) is 61.3 Å². The van der Waals surface area contributed by atoms with Gasteiger partial charge in [0, 0.05) is 47.6 Å². The Labute approximate surface area is 211 Å². The third-order valence-corrected chi connectivity index (χ3v) is 6.22. The summed E-state index contributed by atoms with van der Waals surface area (Å²) in [5.74, 6) is 0.743. The molecule has 0 radical (unpaired) electrons. The normalized spacial score (nSPS) is 17.5. The lowest BCUT2D eigenvalue weighted by atomic mass is 10.0. The predicted molar refractivity (Wildman–Crippen MR) is 137 cm³/mol. The molecular formula is C25H27F2N9O. The standard InChI is InChI=1S/C25H27F2N9O/c1-14-13-37-7-6-35(14)22-9-21(36-25(33-22)19(12-31-36)20-4-5-30-34-20)23(15(2)28)16(3)32-18-8-17(24(26)27)10-29-11-18/h4-5,8-12,14,24H,6-7,13,28H2,1-3H3,(H,30,34). The molecule has 1 unspecified atom stereocenters. The SMILES string of the molecule is CC(=Nc1cncc(C(F)F)c1)C(=C(C)N)c1cc(N2CCOCC2C)nc2c(-c3ccn[nH]3)cnn12. The molecule has 0 saturated carbocycles. The van der Waals surface area contributed by atoms with Gasteiger partial charge >= 0.3 is 0 Å². The molecule has 192 valence electrons. The van der Waals surface area contributed by atoms with E-state index in [2.05, 4.69) is 37.1 Å². The number of aromatic amines is 1. The number of fused-ring (bicyclic) bond motifs is 1. The van der Waals surface area contributed by atoms with E-state index in [9.17, 15) is 8.78 Å². The van der Waals surface area contributed by atoms with Crippen molar-refractivity contribution in [1.29, 1.82) is 0 Å². The molecule has 5 rings (SSSR count). The van der Waals surface area contributed by atoms with Crippen LogP contribution in [0.1, 0.15) is 38.5 Å². The molecule has 1 aliphatic heterocycles. The number of allylic oxidation sites excluding steroid dienone is 2. The van der Waals surface area contributed by atoms with Gasteiger partial charge in [0.2, 0.25) is 0 Å². The number of halogens is 2. The summed E-state index contributed by atoms with van der Waals surface area (Å²) in [7, 11) is 0. The van der Waals surface area contributed by atoms with Gasteiger partial charge in [-0.2, -0.15) is 10.2 Å². The second-order valence-corrected chi connectivity index (χ2v) is 8.91. The molecule has 1 saturated heterocycles. The van der Waals surface area contributed by atoms with Crippen LogP contribution in [0, 0.1) is 0 Å². The van der Waals surface area contributed by atoms with E-state index in [1.165, 1.54) is 12.3 Å². The molecule has 1 aliphatic rings. The molecular weight excluding hydrogens is 480 g/mol. The Morgan fingerprint density at radius 2 is 2.08 bits per heavy atom. The van der Waals surface area contributed by atoms with E-state index in [1.54, 1.807) is 30.8 Å². The Kier molecular flexibility index (Phi) is 6.66. The second kappa shape index (κ2) is 10.1. The zero-order valence-electron chi connectivity index (χ0n) is 20.7. The summed E-state index contributed by atoms with van der Waals surface area (Å²) >= 11 is 0. The molecule has 0 aromatic carbocycles. The quantitative estimate of drug-likeness (QED) is 0.376. The largest absolute Gasteiger partial charge is 0.402 e. The van der Waals surface area contributed by atoms with E-state index < -0.39 is 6.43 Å². The van der Waals surface area contributed by atoms with Crippen molar-refractivity contribution in [2.45, 2.75) is 33.2 Å². The van der Waals surface area contributed by atoms with Gasteiger partial charge in [-0.15, -0.1) is 0 Å². The van der Waals surface area contributed by atoms with Crippen LogP contribution in [0.15, 0.2) is 53.7 Å². The van der Waals surface area contributed by atoms with Crippen LogP contribution in [0.5, 0.6) is 0 Å². The number of aliphatic imine (C=N–C) groups is 1. The Hall–Kier alpha value is -4.19. The molecule has 4 aromatic rings. The first-order valence-corrected chi connectivity index (χ1v) is 11.8. The highest BCUT2D eigenvalue weighted by Crippen LogP contribution is 2.31. The number of ether oxygens (including phenoxy) is 1. The van der Waals surface area contributed by atoms with E-state index in [4.69, 9.17) is 15.5 Å². The number of H-pyrrole nitrogens is 1. The van der Waals surface area contributed by atoms with Crippen molar-refractivity contribution in [3.8, 4) is 11.3 Å². The minimum atomic E-state index is -2.64. The van der Waals surface area contributed by atoms with Crippen molar-refractivity contribution in [3.05, 3.63) is 59.9 Å². The monoisotopic (exact) mass is 507 g/mol. The van der Waals surface area contributed by atoms with Crippen LogP contribution in [0.2, 0.25) is 0 Å². The van der Waals surface area contributed by atoms with Crippen molar-refractivity contribution in [3.63, 3.8) is 0 Å². The summed E-state index contributed by atoms with van der Waals surface area (Å²) in [6.45, 7) is 7.48. The number of pyridine rings is 1. The molecule has 10 nitrogen and oxygen atoms in total. The van der Waals surface area contributed by atoms with E-state index in [0.717, 1.165) is 23.3 Å². The molecule has 5 heterocycles. The molecule has 0 amide bonds. The zero-order chi connectivity index (χ0) is 26.1. The fraction of sp³-hybridized carbons (Fsp3) is 0.320. The van der Waals surface area contributed by atoms with Gasteiger partial charge in [0.1, 0.15) is 5.82 Å². The number of hydrogen-bond donors (Lipinski definition) is 2. The first kappa shape index (κ1) is 24.5. The summed E-state index contributed by atoms with van der Waals surface area (Å²) in [5, 5.41) is 11.7. The minimum Gasteiger partial charge on any atom is -0.402 e. The second-order valence-electron chi connectivity index (χ2n) is 8.91. The van der Waals surface area contributed by atoms with Crippen LogP contribution in [-0.2, 0) is 4.74 Å². The third-order valence-electron chi connectivity index (χ3n) is 6.22. The van der Waals surface area contributed by atoms with Crippen molar-refractivity contribution < 1.29 is 13.5 Å². The molecule has 4 aromatic heterocycles. The predicted octanol–water partition coefficient (Wildman–Crippen LogP) is 4.16. The fourth-order valence-electron chi connectivity index (χ4n) is 4.49. The van der Waals surface area contributed by atoms with Gasteiger partial charge in [0.25, 0.3) is 6.43 Å². The highest BCUT2D eigenvalue weighted by molar-refractivity contribution is 6.24. The maximum atomic E-state index is 13.2. The van der Waals surface area contributed by atoms with Crippen molar-refractivity contribution >= 4 is 28.4 Å². The molecule has 37 heavy (non-hydrogen) atoms. The van der Waals surface area contributed by atoms with E-state index in [0.29, 0.717) is 53.8 Å². The smallest absolute Gasteiger partial charge is 0.265 e. The first-order valence-electron chi connectivity index (χ1n) is 11.8. The minimum absolute atomic E-state index is 0.111. The molecule has 3 N–H and O–H groups in total. The maximum Gasteiger partial charge on any atom is 0.265 e. The Balaban J connectivity index is 1.69. The summed E-state index contributed by atoms with van der Waals surface area (Å²) in [4.78, 5) is 15.7. The van der Waals surface area contributed by atoms with Gasteiger partial charge in [-0.05, 0) is 32.9 Å². The maximum absolute atomic E-state index is 13.2. The van der Waals surface area contributed by atoms with Gasteiger partial charge in [-0.3, -0.25) is 15.1 Å². The molecule has 0 aliphatic carbocycles.